The summed E-state index contributed by atoms with van der Waals surface area (Å²) in [5.74, 6) is 0.544. The van der Waals surface area contributed by atoms with Crippen LogP contribution in [-0.4, -0.2) is 26.3 Å². The van der Waals surface area contributed by atoms with E-state index in [2.05, 4.69) is 26.1 Å². The first kappa shape index (κ1) is 9.92. The van der Waals surface area contributed by atoms with Crippen molar-refractivity contribution < 1.29 is 4.74 Å². The summed E-state index contributed by atoms with van der Waals surface area (Å²) in [6, 6.07) is 0. The first-order chi connectivity index (χ1) is 4.54. The van der Waals surface area contributed by atoms with Crippen LogP contribution < -0.4 is 5.32 Å². The van der Waals surface area contributed by atoms with Crippen molar-refractivity contribution in [3.05, 3.63) is 0 Å². The average molecular weight is 145 g/mol. The summed E-state index contributed by atoms with van der Waals surface area (Å²) in [5, 5.41) is 3.25. The predicted molar refractivity (Wildman–Crippen MR) is 44.2 cm³/mol. The van der Waals surface area contributed by atoms with Gasteiger partial charge in [-0.25, -0.2) is 0 Å². The monoisotopic (exact) mass is 145 g/mol. The molecule has 0 amide bonds. The highest BCUT2D eigenvalue weighted by Gasteiger charge is 2.22. The first-order valence-electron chi connectivity index (χ1n) is 3.72. The molecule has 0 spiro atoms. The van der Waals surface area contributed by atoms with E-state index in [1.54, 1.807) is 7.11 Å². The second kappa shape index (κ2) is 3.94. The Hall–Kier alpha value is -0.0800. The van der Waals surface area contributed by atoms with E-state index in [4.69, 9.17) is 4.74 Å². The topological polar surface area (TPSA) is 21.3 Å². The van der Waals surface area contributed by atoms with Gasteiger partial charge in [-0.3, -0.25) is 0 Å². The van der Waals surface area contributed by atoms with Crippen LogP contribution in [0.15, 0.2) is 0 Å². The summed E-state index contributed by atoms with van der Waals surface area (Å²) in [6.45, 7) is 7.35. The minimum Gasteiger partial charge on any atom is -0.384 e. The Labute approximate surface area is 64.0 Å². The van der Waals surface area contributed by atoms with Gasteiger partial charge in [0.25, 0.3) is 0 Å². The van der Waals surface area contributed by atoms with Crippen molar-refractivity contribution in [1.82, 2.24) is 5.32 Å². The molecule has 1 unspecified atom stereocenters. The molecule has 0 saturated heterocycles. The second-order valence-electron chi connectivity index (χ2n) is 3.33. The molecule has 10 heavy (non-hydrogen) atoms. The fourth-order valence-electron chi connectivity index (χ4n) is 0.705. The maximum atomic E-state index is 5.05. The third-order valence-corrected chi connectivity index (χ3v) is 2.29. The van der Waals surface area contributed by atoms with Gasteiger partial charge in [-0.1, -0.05) is 6.92 Å². The average Bonchev–Trinajstić information content (AvgIpc) is 1.89. The highest BCUT2D eigenvalue weighted by atomic mass is 16.5. The number of nitrogens with one attached hydrogen (secondary N) is 1. The molecule has 0 rings (SSSR count). The lowest BCUT2D eigenvalue weighted by Gasteiger charge is -2.30. The molecule has 62 valence electrons. The molecule has 1 atom stereocenters. The van der Waals surface area contributed by atoms with E-state index in [0.29, 0.717) is 5.92 Å². The lowest BCUT2D eigenvalue weighted by atomic mass is 9.90. The van der Waals surface area contributed by atoms with Crippen molar-refractivity contribution in [1.29, 1.82) is 0 Å². The van der Waals surface area contributed by atoms with E-state index < -0.39 is 0 Å². The van der Waals surface area contributed by atoms with Gasteiger partial charge in [0.05, 0.1) is 6.61 Å². The van der Waals surface area contributed by atoms with Crippen LogP contribution in [0.4, 0.5) is 0 Å². The second-order valence-corrected chi connectivity index (χ2v) is 3.33. The molecule has 2 nitrogen and oxygen atoms in total. The minimum absolute atomic E-state index is 0.177. The lowest BCUT2D eigenvalue weighted by molar-refractivity contribution is 0.115. The van der Waals surface area contributed by atoms with Crippen LogP contribution >= 0.6 is 0 Å². The van der Waals surface area contributed by atoms with Crippen molar-refractivity contribution >= 4 is 0 Å². The number of ether oxygens (including phenoxy) is 1. The number of rotatable bonds is 4. The van der Waals surface area contributed by atoms with Crippen molar-refractivity contribution in [3.8, 4) is 0 Å². The molecule has 0 saturated carbocycles. The fourth-order valence-corrected chi connectivity index (χ4v) is 0.705. The normalized spacial score (nSPS) is 15.3. The van der Waals surface area contributed by atoms with Crippen molar-refractivity contribution in [3.63, 3.8) is 0 Å². The molecule has 2 heteroatoms. The van der Waals surface area contributed by atoms with Crippen molar-refractivity contribution in [2.45, 2.75) is 26.3 Å². The van der Waals surface area contributed by atoms with Crippen LogP contribution in [-0.2, 0) is 4.74 Å². The molecule has 0 aromatic heterocycles. The summed E-state index contributed by atoms with van der Waals surface area (Å²) in [6.07, 6.45) is 0. The standard InChI is InChI=1S/C8H19NO/c1-7(6-10-5)8(2,3)9-4/h7,9H,6H2,1-5H3. The lowest BCUT2D eigenvalue weighted by Crippen LogP contribution is -2.44. The third kappa shape index (κ3) is 2.67. The number of hydrogen-bond donors (Lipinski definition) is 1. The molecule has 0 heterocycles. The van der Waals surface area contributed by atoms with Gasteiger partial charge in [0.2, 0.25) is 0 Å². The van der Waals surface area contributed by atoms with Crippen LogP contribution in [0.3, 0.4) is 0 Å². The summed E-state index contributed by atoms with van der Waals surface area (Å²) >= 11 is 0. The zero-order valence-electron chi connectivity index (χ0n) is 7.69. The molecule has 0 aromatic rings. The van der Waals surface area contributed by atoms with Crippen LogP contribution in [0.1, 0.15) is 20.8 Å². The van der Waals surface area contributed by atoms with Gasteiger partial charge >= 0.3 is 0 Å². The van der Waals surface area contributed by atoms with Gasteiger partial charge in [-0.15, -0.1) is 0 Å². The van der Waals surface area contributed by atoms with E-state index in [1.807, 2.05) is 7.05 Å². The van der Waals surface area contributed by atoms with Crippen LogP contribution in [0.25, 0.3) is 0 Å². The van der Waals surface area contributed by atoms with Crippen molar-refractivity contribution in [2.75, 3.05) is 20.8 Å². The molecule has 0 aliphatic heterocycles. The van der Waals surface area contributed by atoms with E-state index >= 15 is 0 Å². The predicted octanol–water partition coefficient (Wildman–Crippen LogP) is 1.27. The van der Waals surface area contributed by atoms with Crippen LogP contribution in [0.2, 0.25) is 0 Å². The highest BCUT2D eigenvalue weighted by Crippen LogP contribution is 2.14. The summed E-state index contributed by atoms with van der Waals surface area (Å²) < 4.78 is 5.05. The minimum atomic E-state index is 0.177. The smallest absolute Gasteiger partial charge is 0.0505 e. The Morgan fingerprint density at radius 3 is 2.30 bits per heavy atom. The number of methoxy groups -OCH3 is 1. The maximum Gasteiger partial charge on any atom is 0.0505 e. The summed E-state index contributed by atoms with van der Waals surface area (Å²) in [4.78, 5) is 0. The Kier molecular flexibility index (Phi) is 3.91. The molecule has 0 aliphatic rings. The van der Waals surface area contributed by atoms with Gasteiger partial charge in [0, 0.05) is 12.6 Å². The Balaban J connectivity index is 3.78. The Morgan fingerprint density at radius 1 is 1.50 bits per heavy atom. The van der Waals surface area contributed by atoms with E-state index in [0.717, 1.165) is 6.61 Å². The largest absolute Gasteiger partial charge is 0.384 e. The van der Waals surface area contributed by atoms with Gasteiger partial charge in [-0.05, 0) is 26.8 Å². The molecule has 0 bridgehead atoms. The fraction of sp³-hybridized carbons (Fsp3) is 1.00. The quantitative estimate of drug-likeness (QED) is 0.643. The van der Waals surface area contributed by atoms with Gasteiger partial charge < -0.3 is 10.1 Å². The third-order valence-electron chi connectivity index (χ3n) is 2.29. The zero-order chi connectivity index (χ0) is 8.20. The van der Waals surface area contributed by atoms with Crippen LogP contribution in [0, 0.1) is 5.92 Å². The molecular formula is C8H19NO. The van der Waals surface area contributed by atoms with Gasteiger partial charge in [0.1, 0.15) is 0 Å². The van der Waals surface area contributed by atoms with E-state index in [1.165, 1.54) is 0 Å². The molecule has 0 aliphatic carbocycles. The summed E-state index contributed by atoms with van der Waals surface area (Å²) in [7, 11) is 3.72. The van der Waals surface area contributed by atoms with E-state index in [9.17, 15) is 0 Å². The highest BCUT2D eigenvalue weighted by molar-refractivity contribution is 4.81. The Morgan fingerprint density at radius 2 is 2.00 bits per heavy atom. The number of hydrogen-bond acceptors (Lipinski definition) is 2. The molecular weight excluding hydrogens is 126 g/mol. The maximum absolute atomic E-state index is 5.05. The molecule has 0 aromatic carbocycles. The SMILES string of the molecule is CNC(C)(C)C(C)COC. The summed E-state index contributed by atoms with van der Waals surface area (Å²) in [5.41, 5.74) is 0.177. The van der Waals surface area contributed by atoms with Gasteiger partial charge in [-0.2, -0.15) is 0 Å². The zero-order valence-corrected chi connectivity index (χ0v) is 7.69. The Bertz CT molecular complexity index is 91.3. The molecule has 0 fully saturated rings. The van der Waals surface area contributed by atoms with Crippen molar-refractivity contribution in [2.24, 2.45) is 5.92 Å². The molecule has 1 N–H and O–H groups in total. The first-order valence-corrected chi connectivity index (χ1v) is 3.72. The molecule has 0 radical (unpaired) electrons. The van der Waals surface area contributed by atoms with Crippen LogP contribution in [0.5, 0.6) is 0 Å². The van der Waals surface area contributed by atoms with Gasteiger partial charge in [0.15, 0.2) is 0 Å². The van der Waals surface area contributed by atoms with E-state index in [-0.39, 0.29) is 5.54 Å².